The van der Waals surface area contributed by atoms with Crippen LogP contribution in [0.1, 0.15) is 52.4 Å². The average Bonchev–Trinajstić information content (AvgIpc) is 2.75. The molecule has 0 saturated carbocycles. The molecule has 1 heterocycles. The molecule has 1 fully saturated rings. The SMILES string of the molecule is CC.COC(=O)CCCC1CCCCN1.COc1cccc2ccccc12. The lowest BCUT2D eigenvalue weighted by Gasteiger charge is -2.22. The monoisotopic (exact) mass is 373 g/mol. The molecule has 1 unspecified atom stereocenters. The number of methoxy groups -OCH3 is 2. The van der Waals surface area contributed by atoms with Crippen LogP contribution in [0.25, 0.3) is 10.8 Å². The number of carbonyl (C=O) groups excluding carboxylic acids is 1. The van der Waals surface area contributed by atoms with Crippen LogP contribution >= 0.6 is 0 Å². The zero-order chi connectivity index (χ0) is 19.9. The number of hydrogen-bond donors (Lipinski definition) is 1. The molecule has 3 rings (SSSR count). The van der Waals surface area contributed by atoms with Crippen molar-refractivity contribution in [2.24, 2.45) is 0 Å². The number of nitrogens with one attached hydrogen (secondary N) is 1. The quantitative estimate of drug-likeness (QED) is 0.718. The van der Waals surface area contributed by atoms with Crippen LogP contribution in [0, 0.1) is 0 Å². The number of piperidine rings is 1. The van der Waals surface area contributed by atoms with Crippen molar-refractivity contribution in [2.75, 3.05) is 20.8 Å². The Morgan fingerprint density at radius 3 is 2.48 bits per heavy atom. The van der Waals surface area contributed by atoms with E-state index in [9.17, 15) is 4.79 Å². The van der Waals surface area contributed by atoms with Crippen molar-refractivity contribution in [1.82, 2.24) is 5.32 Å². The predicted octanol–water partition coefficient (Wildman–Crippen LogP) is 5.35. The van der Waals surface area contributed by atoms with Crippen LogP contribution in [-0.4, -0.2) is 32.8 Å². The standard InChI is InChI=1S/C11H10O.C10H19NO2.C2H6/c1-12-11-8-4-6-9-5-2-3-7-10(9)11;1-13-10(12)7-4-6-9-5-2-3-8-11-9;1-2/h2-8H,1H3;9,11H,2-8H2,1H3;1-2H3. The van der Waals surface area contributed by atoms with Gasteiger partial charge in [-0.1, -0.05) is 56.7 Å². The van der Waals surface area contributed by atoms with Crippen LogP contribution in [-0.2, 0) is 9.53 Å². The van der Waals surface area contributed by atoms with E-state index in [0.29, 0.717) is 12.5 Å². The van der Waals surface area contributed by atoms with Gasteiger partial charge in [-0.05, 0) is 43.7 Å². The summed E-state index contributed by atoms with van der Waals surface area (Å²) in [6.07, 6.45) is 6.51. The molecule has 4 heteroatoms. The maximum atomic E-state index is 10.8. The minimum Gasteiger partial charge on any atom is -0.496 e. The number of rotatable bonds is 5. The molecular formula is C23H35NO3. The van der Waals surface area contributed by atoms with Gasteiger partial charge in [-0.3, -0.25) is 4.79 Å². The topological polar surface area (TPSA) is 47.6 Å². The summed E-state index contributed by atoms with van der Waals surface area (Å²) in [6.45, 7) is 5.14. The Morgan fingerprint density at radius 2 is 1.81 bits per heavy atom. The van der Waals surface area contributed by atoms with Gasteiger partial charge in [0.1, 0.15) is 5.75 Å². The van der Waals surface area contributed by atoms with Gasteiger partial charge in [0.15, 0.2) is 0 Å². The summed E-state index contributed by atoms with van der Waals surface area (Å²) in [5, 5.41) is 5.85. The minimum absolute atomic E-state index is 0.0872. The molecular weight excluding hydrogens is 338 g/mol. The third-order valence-electron chi connectivity index (χ3n) is 4.54. The summed E-state index contributed by atoms with van der Waals surface area (Å²) in [6, 6.07) is 14.9. The molecule has 0 amide bonds. The number of carbonyl (C=O) groups is 1. The Morgan fingerprint density at radius 1 is 1.07 bits per heavy atom. The summed E-state index contributed by atoms with van der Waals surface area (Å²) < 4.78 is 9.81. The Hall–Kier alpha value is -2.07. The van der Waals surface area contributed by atoms with Crippen molar-refractivity contribution < 1.29 is 14.3 Å². The molecule has 1 N–H and O–H groups in total. The van der Waals surface area contributed by atoms with Crippen LogP contribution in [0.2, 0.25) is 0 Å². The minimum atomic E-state index is -0.0872. The summed E-state index contributed by atoms with van der Waals surface area (Å²) in [5.74, 6) is 0.851. The first-order chi connectivity index (χ1) is 13.2. The van der Waals surface area contributed by atoms with Gasteiger partial charge >= 0.3 is 5.97 Å². The molecule has 1 aliphatic heterocycles. The fourth-order valence-electron chi connectivity index (χ4n) is 3.14. The fourth-order valence-corrected chi connectivity index (χ4v) is 3.14. The highest BCUT2D eigenvalue weighted by Crippen LogP contribution is 2.24. The van der Waals surface area contributed by atoms with Gasteiger partial charge in [-0.15, -0.1) is 0 Å². The van der Waals surface area contributed by atoms with Gasteiger partial charge in [-0.25, -0.2) is 0 Å². The van der Waals surface area contributed by atoms with Crippen molar-refractivity contribution in [3.05, 3.63) is 42.5 Å². The maximum absolute atomic E-state index is 10.8. The molecule has 1 aliphatic rings. The fraction of sp³-hybridized carbons (Fsp3) is 0.522. The lowest BCUT2D eigenvalue weighted by atomic mass is 10.00. The molecule has 0 aromatic heterocycles. The van der Waals surface area contributed by atoms with Crippen LogP contribution < -0.4 is 10.1 Å². The Balaban J connectivity index is 0.000000248. The van der Waals surface area contributed by atoms with Crippen molar-refractivity contribution >= 4 is 16.7 Å². The van der Waals surface area contributed by atoms with E-state index in [2.05, 4.69) is 28.3 Å². The van der Waals surface area contributed by atoms with E-state index in [0.717, 1.165) is 25.1 Å². The third-order valence-corrected chi connectivity index (χ3v) is 4.54. The van der Waals surface area contributed by atoms with Gasteiger partial charge in [0, 0.05) is 17.8 Å². The van der Waals surface area contributed by atoms with Crippen LogP contribution in [0.3, 0.4) is 0 Å². The highest BCUT2D eigenvalue weighted by Gasteiger charge is 2.12. The van der Waals surface area contributed by atoms with Crippen molar-refractivity contribution in [3.8, 4) is 5.75 Å². The van der Waals surface area contributed by atoms with Crippen molar-refractivity contribution in [3.63, 3.8) is 0 Å². The first-order valence-corrected chi connectivity index (χ1v) is 10.1. The van der Waals surface area contributed by atoms with E-state index < -0.39 is 0 Å². The lowest BCUT2D eigenvalue weighted by molar-refractivity contribution is -0.140. The van der Waals surface area contributed by atoms with Gasteiger partial charge in [0.05, 0.1) is 14.2 Å². The molecule has 0 aliphatic carbocycles. The first kappa shape index (κ1) is 23.0. The van der Waals surface area contributed by atoms with E-state index in [1.807, 2.05) is 38.1 Å². The molecule has 1 saturated heterocycles. The maximum Gasteiger partial charge on any atom is 0.305 e. The average molecular weight is 374 g/mol. The van der Waals surface area contributed by atoms with Gasteiger partial charge < -0.3 is 14.8 Å². The molecule has 0 radical (unpaired) electrons. The molecule has 1 atom stereocenters. The van der Waals surface area contributed by atoms with E-state index in [4.69, 9.17) is 4.74 Å². The summed E-state index contributed by atoms with van der Waals surface area (Å²) in [5.41, 5.74) is 0. The number of benzene rings is 2. The van der Waals surface area contributed by atoms with E-state index in [-0.39, 0.29) is 5.97 Å². The highest BCUT2D eigenvalue weighted by atomic mass is 16.5. The molecule has 2 aromatic carbocycles. The second-order valence-electron chi connectivity index (χ2n) is 6.30. The summed E-state index contributed by atoms with van der Waals surface area (Å²) in [4.78, 5) is 10.8. The second kappa shape index (κ2) is 14.0. The van der Waals surface area contributed by atoms with E-state index >= 15 is 0 Å². The van der Waals surface area contributed by atoms with E-state index in [1.54, 1.807) is 7.11 Å². The van der Waals surface area contributed by atoms with Gasteiger partial charge in [0.2, 0.25) is 0 Å². The van der Waals surface area contributed by atoms with Crippen molar-refractivity contribution in [1.29, 1.82) is 0 Å². The zero-order valence-electron chi connectivity index (χ0n) is 17.3. The Labute approximate surface area is 164 Å². The molecule has 150 valence electrons. The second-order valence-corrected chi connectivity index (χ2v) is 6.30. The zero-order valence-corrected chi connectivity index (χ0v) is 17.3. The van der Waals surface area contributed by atoms with Gasteiger partial charge in [0.25, 0.3) is 0 Å². The summed E-state index contributed by atoms with van der Waals surface area (Å²) >= 11 is 0. The number of fused-ring (bicyclic) bond motifs is 1. The van der Waals surface area contributed by atoms with Crippen LogP contribution in [0.15, 0.2) is 42.5 Å². The molecule has 27 heavy (non-hydrogen) atoms. The third kappa shape index (κ3) is 8.44. The molecule has 4 nitrogen and oxygen atoms in total. The number of ether oxygens (including phenoxy) is 2. The number of esters is 1. The highest BCUT2D eigenvalue weighted by molar-refractivity contribution is 5.88. The van der Waals surface area contributed by atoms with Crippen LogP contribution in [0.5, 0.6) is 5.75 Å². The van der Waals surface area contributed by atoms with Gasteiger partial charge in [-0.2, -0.15) is 0 Å². The molecule has 0 bridgehead atoms. The van der Waals surface area contributed by atoms with E-state index in [1.165, 1.54) is 37.1 Å². The largest absolute Gasteiger partial charge is 0.496 e. The predicted molar refractivity (Wildman–Crippen MR) is 113 cm³/mol. The Bertz CT molecular complexity index is 646. The summed E-state index contributed by atoms with van der Waals surface area (Å²) in [7, 11) is 3.14. The lowest BCUT2D eigenvalue weighted by Crippen LogP contribution is -2.33. The number of hydrogen-bond acceptors (Lipinski definition) is 4. The smallest absolute Gasteiger partial charge is 0.305 e. The van der Waals surface area contributed by atoms with Crippen molar-refractivity contribution in [2.45, 2.75) is 58.4 Å². The molecule has 2 aromatic rings. The van der Waals surface area contributed by atoms with Crippen LogP contribution in [0.4, 0.5) is 0 Å². The molecule has 0 spiro atoms. The normalized spacial score (nSPS) is 15.6. The Kier molecular flexibility index (Phi) is 11.9. The first-order valence-electron chi connectivity index (χ1n) is 10.1.